The molecule has 0 spiro atoms. The van der Waals surface area contributed by atoms with Crippen molar-refractivity contribution in [1.82, 2.24) is 0 Å². The van der Waals surface area contributed by atoms with Crippen LogP contribution >= 0.6 is 11.8 Å². The van der Waals surface area contributed by atoms with Gasteiger partial charge in [-0.1, -0.05) is 27.7 Å². The molecule has 0 unspecified atom stereocenters. The molecule has 0 aromatic rings. The second kappa shape index (κ2) is 5.21. The summed E-state index contributed by atoms with van der Waals surface area (Å²) < 4.78 is 0. The minimum atomic E-state index is -0.404. The lowest BCUT2D eigenvalue weighted by Crippen LogP contribution is -2.24. The van der Waals surface area contributed by atoms with Crippen LogP contribution in [0.25, 0.3) is 0 Å². The number of hydrogen-bond acceptors (Lipinski definition) is 3. The molecule has 2 nitrogen and oxygen atoms in total. The Morgan fingerprint density at radius 1 is 1.18 bits per heavy atom. The zero-order valence-corrected chi connectivity index (χ0v) is 12.0. The SMILES string of the molecule is CSC1=CC(=O)C(=O)C=C1C(C)(C)CC(C)C. The molecule has 0 heterocycles. The largest absolute Gasteiger partial charge is 0.286 e. The van der Waals surface area contributed by atoms with Gasteiger partial charge in [-0.25, -0.2) is 0 Å². The fourth-order valence-electron chi connectivity index (χ4n) is 2.37. The predicted molar refractivity (Wildman–Crippen MR) is 72.9 cm³/mol. The van der Waals surface area contributed by atoms with Crippen molar-refractivity contribution in [3.63, 3.8) is 0 Å². The van der Waals surface area contributed by atoms with E-state index in [0.717, 1.165) is 16.9 Å². The summed E-state index contributed by atoms with van der Waals surface area (Å²) in [5.74, 6) is -0.241. The van der Waals surface area contributed by atoms with Crippen LogP contribution in [0.15, 0.2) is 22.6 Å². The van der Waals surface area contributed by atoms with Crippen molar-refractivity contribution in [2.45, 2.75) is 34.1 Å². The molecule has 0 amide bonds. The van der Waals surface area contributed by atoms with E-state index < -0.39 is 11.6 Å². The maximum absolute atomic E-state index is 11.5. The number of rotatable bonds is 4. The Hall–Kier alpha value is -0.830. The molecule has 0 saturated carbocycles. The van der Waals surface area contributed by atoms with Gasteiger partial charge in [-0.05, 0) is 35.7 Å². The van der Waals surface area contributed by atoms with Crippen LogP contribution in [0.4, 0.5) is 0 Å². The van der Waals surface area contributed by atoms with Crippen LogP contribution in [0.5, 0.6) is 0 Å². The van der Waals surface area contributed by atoms with Crippen molar-refractivity contribution in [3.05, 3.63) is 22.6 Å². The predicted octanol–water partition coefficient (Wildman–Crippen LogP) is 3.38. The van der Waals surface area contributed by atoms with Crippen molar-refractivity contribution in [3.8, 4) is 0 Å². The number of hydrogen-bond donors (Lipinski definition) is 0. The fraction of sp³-hybridized carbons (Fsp3) is 0.571. The lowest BCUT2D eigenvalue weighted by Gasteiger charge is -2.32. The van der Waals surface area contributed by atoms with Gasteiger partial charge in [0, 0.05) is 11.0 Å². The van der Waals surface area contributed by atoms with Gasteiger partial charge in [0.15, 0.2) is 0 Å². The van der Waals surface area contributed by atoms with Crippen molar-refractivity contribution < 1.29 is 9.59 Å². The average Bonchev–Trinajstić information content (AvgIpc) is 2.19. The number of allylic oxidation sites excluding steroid dienone is 3. The molecule has 0 saturated heterocycles. The van der Waals surface area contributed by atoms with Crippen LogP contribution < -0.4 is 0 Å². The lowest BCUT2D eigenvalue weighted by atomic mass is 9.75. The molecule has 0 bridgehead atoms. The number of carbonyl (C=O) groups is 2. The summed E-state index contributed by atoms with van der Waals surface area (Å²) in [6.45, 7) is 8.60. The molecule has 1 aliphatic carbocycles. The van der Waals surface area contributed by atoms with Crippen molar-refractivity contribution in [1.29, 1.82) is 0 Å². The van der Waals surface area contributed by atoms with Crippen LogP contribution in [0, 0.1) is 11.3 Å². The first kappa shape index (κ1) is 14.2. The maximum atomic E-state index is 11.5. The Balaban J connectivity index is 3.10. The first-order valence-corrected chi connectivity index (χ1v) is 7.07. The van der Waals surface area contributed by atoms with E-state index in [2.05, 4.69) is 27.7 Å². The highest BCUT2D eigenvalue weighted by Crippen LogP contribution is 2.42. The molecule has 0 N–H and O–H groups in total. The first-order chi connectivity index (χ1) is 7.77. The van der Waals surface area contributed by atoms with Gasteiger partial charge in [-0.15, -0.1) is 11.8 Å². The molecule has 1 aliphatic rings. The smallest absolute Gasteiger partial charge is 0.226 e. The maximum Gasteiger partial charge on any atom is 0.226 e. The number of carbonyl (C=O) groups excluding carboxylic acids is 2. The third kappa shape index (κ3) is 3.32. The molecular weight excluding hydrogens is 232 g/mol. The zero-order valence-electron chi connectivity index (χ0n) is 11.2. The van der Waals surface area contributed by atoms with Crippen LogP contribution in [-0.2, 0) is 9.59 Å². The number of thioether (sulfide) groups is 1. The van der Waals surface area contributed by atoms with Crippen LogP contribution in [-0.4, -0.2) is 17.8 Å². The highest BCUT2D eigenvalue weighted by molar-refractivity contribution is 8.02. The molecule has 0 atom stereocenters. The third-order valence-corrected chi connectivity index (χ3v) is 3.69. The minimum Gasteiger partial charge on any atom is -0.286 e. The molecule has 0 aromatic heterocycles. The monoisotopic (exact) mass is 252 g/mol. The van der Waals surface area contributed by atoms with Crippen LogP contribution in [0.2, 0.25) is 0 Å². The highest BCUT2D eigenvalue weighted by atomic mass is 32.2. The molecular formula is C14H20O2S. The second-order valence-corrected chi connectivity index (χ2v) is 6.33. The van der Waals surface area contributed by atoms with E-state index in [0.29, 0.717) is 5.92 Å². The summed E-state index contributed by atoms with van der Waals surface area (Å²) in [6.07, 6.45) is 5.94. The summed E-state index contributed by atoms with van der Waals surface area (Å²) >= 11 is 1.53. The Morgan fingerprint density at radius 2 is 1.71 bits per heavy atom. The van der Waals surface area contributed by atoms with Gasteiger partial charge in [0.05, 0.1) is 0 Å². The van der Waals surface area contributed by atoms with E-state index in [1.165, 1.54) is 23.9 Å². The third-order valence-electron chi connectivity index (χ3n) is 2.91. The summed E-state index contributed by atoms with van der Waals surface area (Å²) in [5, 5.41) is 0. The molecule has 94 valence electrons. The molecule has 0 radical (unpaired) electrons. The fourth-order valence-corrected chi connectivity index (χ4v) is 3.15. The molecule has 0 aliphatic heterocycles. The summed E-state index contributed by atoms with van der Waals surface area (Å²) in [6, 6.07) is 0. The summed E-state index contributed by atoms with van der Waals surface area (Å²) in [5.41, 5.74) is 0.933. The number of ketones is 2. The van der Waals surface area contributed by atoms with Gasteiger partial charge in [-0.3, -0.25) is 9.59 Å². The van der Waals surface area contributed by atoms with E-state index in [-0.39, 0.29) is 5.41 Å². The van der Waals surface area contributed by atoms with Gasteiger partial charge in [0.2, 0.25) is 11.6 Å². The van der Waals surface area contributed by atoms with E-state index >= 15 is 0 Å². The van der Waals surface area contributed by atoms with Gasteiger partial charge >= 0.3 is 0 Å². The van der Waals surface area contributed by atoms with E-state index in [4.69, 9.17) is 0 Å². The summed E-state index contributed by atoms with van der Waals surface area (Å²) in [7, 11) is 0. The molecule has 0 fully saturated rings. The molecule has 3 heteroatoms. The average molecular weight is 252 g/mol. The van der Waals surface area contributed by atoms with Crippen molar-refractivity contribution in [2.24, 2.45) is 11.3 Å². The second-order valence-electron chi connectivity index (χ2n) is 5.48. The zero-order chi connectivity index (χ0) is 13.2. The molecule has 17 heavy (non-hydrogen) atoms. The Bertz CT molecular complexity index is 400. The molecule has 1 rings (SSSR count). The Kier molecular flexibility index (Phi) is 4.36. The summed E-state index contributed by atoms with van der Waals surface area (Å²) in [4.78, 5) is 23.8. The van der Waals surface area contributed by atoms with Crippen LogP contribution in [0.3, 0.4) is 0 Å². The van der Waals surface area contributed by atoms with Crippen LogP contribution in [0.1, 0.15) is 34.1 Å². The van der Waals surface area contributed by atoms with Crippen molar-refractivity contribution >= 4 is 23.3 Å². The van der Waals surface area contributed by atoms with Gasteiger partial charge in [0.25, 0.3) is 0 Å². The van der Waals surface area contributed by atoms with Gasteiger partial charge in [0.1, 0.15) is 0 Å². The topological polar surface area (TPSA) is 34.1 Å². The van der Waals surface area contributed by atoms with Crippen molar-refractivity contribution in [2.75, 3.05) is 6.26 Å². The Labute approximate surface area is 108 Å². The standard InChI is InChI=1S/C14H20O2S/c1-9(2)8-14(3,4)10-6-11(15)12(16)7-13(10)17-5/h6-7,9H,8H2,1-5H3. The van der Waals surface area contributed by atoms with Gasteiger partial charge in [-0.2, -0.15) is 0 Å². The van der Waals surface area contributed by atoms with E-state index in [9.17, 15) is 9.59 Å². The lowest BCUT2D eigenvalue weighted by molar-refractivity contribution is -0.131. The van der Waals surface area contributed by atoms with Gasteiger partial charge < -0.3 is 0 Å². The Morgan fingerprint density at radius 3 is 2.18 bits per heavy atom. The van der Waals surface area contributed by atoms with E-state index in [1.54, 1.807) is 0 Å². The quantitative estimate of drug-likeness (QED) is 0.568. The minimum absolute atomic E-state index is 0.0701. The molecule has 0 aromatic carbocycles. The first-order valence-electron chi connectivity index (χ1n) is 5.84. The normalized spacial score (nSPS) is 17.3. The highest BCUT2D eigenvalue weighted by Gasteiger charge is 2.31. The van der Waals surface area contributed by atoms with E-state index in [1.807, 2.05) is 6.26 Å².